The zero-order valence-corrected chi connectivity index (χ0v) is 12.6. The second-order valence-electron chi connectivity index (χ2n) is 6.50. The molecule has 0 amide bonds. The molecule has 0 heterocycles. The molecule has 0 saturated carbocycles. The van der Waals surface area contributed by atoms with Gasteiger partial charge in [-0.3, -0.25) is 4.79 Å². The molecule has 1 rings (SSSR count). The highest BCUT2D eigenvalue weighted by Crippen LogP contribution is 2.31. The summed E-state index contributed by atoms with van der Waals surface area (Å²) in [6.45, 7) is 6.62. The number of carbonyl (C=O) groups excluding carboxylic acids is 1. The monoisotopic (exact) mass is 250 g/mol. The van der Waals surface area contributed by atoms with Gasteiger partial charge in [0.25, 0.3) is 0 Å². The SMILES string of the molecule is C/C1=C\CCCCCCCCCC(=O)CC1(C)C. The molecule has 104 valence electrons. The predicted octanol–water partition coefficient (Wildman–Crippen LogP) is 5.44. The zero-order chi connectivity index (χ0) is 13.4. The summed E-state index contributed by atoms with van der Waals surface area (Å²) in [4.78, 5) is 12.0. The van der Waals surface area contributed by atoms with Crippen LogP contribution in [0.4, 0.5) is 0 Å². The third kappa shape index (κ3) is 5.84. The summed E-state index contributed by atoms with van der Waals surface area (Å²) >= 11 is 0. The Balaban J connectivity index is 2.60. The topological polar surface area (TPSA) is 17.1 Å². The molecule has 1 aliphatic rings. The molecule has 0 aromatic heterocycles. The van der Waals surface area contributed by atoms with Crippen LogP contribution in [0.25, 0.3) is 0 Å². The molecule has 0 fully saturated rings. The summed E-state index contributed by atoms with van der Waals surface area (Å²) in [5.41, 5.74) is 1.45. The summed E-state index contributed by atoms with van der Waals surface area (Å²) in [5.74, 6) is 0.449. The first kappa shape index (κ1) is 15.5. The van der Waals surface area contributed by atoms with E-state index in [1.54, 1.807) is 0 Å². The van der Waals surface area contributed by atoms with E-state index in [0.29, 0.717) is 5.78 Å². The van der Waals surface area contributed by atoms with Gasteiger partial charge < -0.3 is 0 Å². The van der Waals surface area contributed by atoms with E-state index in [9.17, 15) is 4.79 Å². The lowest BCUT2D eigenvalue weighted by Crippen LogP contribution is -2.18. The van der Waals surface area contributed by atoms with Crippen LogP contribution in [0, 0.1) is 5.41 Å². The summed E-state index contributed by atoms with van der Waals surface area (Å²) in [7, 11) is 0. The van der Waals surface area contributed by atoms with Crippen molar-refractivity contribution < 1.29 is 4.79 Å². The van der Waals surface area contributed by atoms with Gasteiger partial charge in [0.1, 0.15) is 5.78 Å². The van der Waals surface area contributed by atoms with Crippen molar-refractivity contribution in [1.82, 2.24) is 0 Å². The molecule has 0 aromatic carbocycles. The molecule has 18 heavy (non-hydrogen) atoms. The van der Waals surface area contributed by atoms with Crippen molar-refractivity contribution in [2.24, 2.45) is 5.41 Å². The van der Waals surface area contributed by atoms with Gasteiger partial charge in [-0.25, -0.2) is 0 Å². The van der Waals surface area contributed by atoms with Gasteiger partial charge in [-0.15, -0.1) is 0 Å². The molecular weight excluding hydrogens is 220 g/mol. The van der Waals surface area contributed by atoms with E-state index >= 15 is 0 Å². The van der Waals surface area contributed by atoms with Crippen molar-refractivity contribution in [3.05, 3.63) is 11.6 Å². The Bertz CT molecular complexity index is 286. The van der Waals surface area contributed by atoms with Gasteiger partial charge in [-0.1, -0.05) is 57.6 Å². The Labute approximate surface area is 113 Å². The molecule has 0 unspecified atom stereocenters. The molecule has 0 saturated heterocycles. The van der Waals surface area contributed by atoms with E-state index in [-0.39, 0.29) is 5.41 Å². The van der Waals surface area contributed by atoms with E-state index in [4.69, 9.17) is 0 Å². The van der Waals surface area contributed by atoms with Crippen molar-refractivity contribution in [3.8, 4) is 0 Å². The summed E-state index contributed by atoms with van der Waals surface area (Å²) in [6.07, 6.45) is 14.1. The molecular formula is C17H30O. The van der Waals surface area contributed by atoms with E-state index in [0.717, 1.165) is 19.3 Å². The fraction of sp³-hybridized carbons (Fsp3) is 0.824. The minimum absolute atomic E-state index is 0.0567. The molecule has 0 bridgehead atoms. The lowest BCUT2D eigenvalue weighted by molar-refractivity contribution is -0.120. The van der Waals surface area contributed by atoms with Crippen LogP contribution in [-0.4, -0.2) is 5.78 Å². The van der Waals surface area contributed by atoms with Gasteiger partial charge in [0.2, 0.25) is 0 Å². The smallest absolute Gasteiger partial charge is 0.133 e. The first-order valence-electron chi connectivity index (χ1n) is 7.71. The molecule has 0 spiro atoms. The van der Waals surface area contributed by atoms with Crippen LogP contribution in [0.15, 0.2) is 11.6 Å². The van der Waals surface area contributed by atoms with Crippen LogP contribution < -0.4 is 0 Å². The predicted molar refractivity (Wildman–Crippen MR) is 78.7 cm³/mol. The standard InChI is InChI=1S/C17H30O/c1-15-12-10-8-6-4-5-7-9-11-13-16(18)14-17(15,2)3/h12H,4-11,13-14H2,1-3H3/b15-12+. The first-order chi connectivity index (χ1) is 8.52. The normalized spacial score (nSPS) is 27.1. The molecule has 0 radical (unpaired) electrons. The van der Waals surface area contributed by atoms with Gasteiger partial charge in [-0.05, 0) is 31.6 Å². The Morgan fingerprint density at radius 2 is 1.50 bits per heavy atom. The van der Waals surface area contributed by atoms with E-state index in [1.807, 2.05) is 0 Å². The number of hydrogen-bond acceptors (Lipinski definition) is 1. The highest BCUT2D eigenvalue weighted by atomic mass is 16.1. The maximum Gasteiger partial charge on any atom is 0.133 e. The van der Waals surface area contributed by atoms with Crippen molar-refractivity contribution in [1.29, 1.82) is 0 Å². The summed E-state index contributed by atoms with van der Waals surface area (Å²) in [5, 5.41) is 0. The average Bonchev–Trinajstić information content (AvgIpc) is 2.29. The van der Waals surface area contributed by atoms with Crippen LogP contribution >= 0.6 is 0 Å². The Morgan fingerprint density at radius 1 is 0.944 bits per heavy atom. The minimum Gasteiger partial charge on any atom is -0.300 e. The van der Waals surface area contributed by atoms with Gasteiger partial charge in [-0.2, -0.15) is 0 Å². The number of allylic oxidation sites excluding steroid dienone is 2. The molecule has 1 heteroatoms. The minimum atomic E-state index is 0.0567. The Kier molecular flexibility index (Phi) is 6.67. The highest BCUT2D eigenvalue weighted by molar-refractivity contribution is 5.79. The molecule has 0 aliphatic heterocycles. The average molecular weight is 250 g/mol. The number of hydrogen-bond donors (Lipinski definition) is 0. The van der Waals surface area contributed by atoms with E-state index < -0.39 is 0 Å². The molecule has 1 nitrogen and oxygen atoms in total. The fourth-order valence-electron chi connectivity index (χ4n) is 2.67. The number of rotatable bonds is 0. The second kappa shape index (κ2) is 7.76. The first-order valence-corrected chi connectivity index (χ1v) is 7.71. The largest absolute Gasteiger partial charge is 0.300 e. The maximum atomic E-state index is 12.0. The lowest BCUT2D eigenvalue weighted by atomic mass is 9.79. The number of Topliss-reactive ketones (excluding diaryl/α,β-unsaturated/α-hetero) is 1. The maximum absolute atomic E-state index is 12.0. The number of carbonyl (C=O) groups is 1. The third-order valence-electron chi connectivity index (χ3n) is 4.32. The van der Waals surface area contributed by atoms with Crippen LogP contribution in [0.1, 0.15) is 85.0 Å². The fourth-order valence-corrected chi connectivity index (χ4v) is 2.67. The second-order valence-corrected chi connectivity index (χ2v) is 6.50. The van der Waals surface area contributed by atoms with Crippen molar-refractivity contribution in [2.45, 2.75) is 85.0 Å². The molecule has 0 aromatic rings. The molecule has 1 aliphatic carbocycles. The summed E-state index contributed by atoms with van der Waals surface area (Å²) < 4.78 is 0. The third-order valence-corrected chi connectivity index (χ3v) is 4.32. The highest BCUT2D eigenvalue weighted by Gasteiger charge is 2.23. The van der Waals surface area contributed by atoms with Gasteiger partial charge in [0.15, 0.2) is 0 Å². The van der Waals surface area contributed by atoms with Gasteiger partial charge in [0.05, 0.1) is 0 Å². The van der Waals surface area contributed by atoms with Crippen molar-refractivity contribution in [2.75, 3.05) is 0 Å². The zero-order valence-electron chi connectivity index (χ0n) is 12.6. The lowest BCUT2D eigenvalue weighted by Gasteiger charge is -2.25. The van der Waals surface area contributed by atoms with Crippen LogP contribution in [-0.2, 0) is 4.79 Å². The quantitative estimate of drug-likeness (QED) is 0.523. The Hall–Kier alpha value is -0.590. The van der Waals surface area contributed by atoms with Gasteiger partial charge >= 0.3 is 0 Å². The van der Waals surface area contributed by atoms with E-state index in [2.05, 4.69) is 26.8 Å². The number of ketones is 1. The van der Waals surface area contributed by atoms with Crippen LogP contribution in [0.5, 0.6) is 0 Å². The van der Waals surface area contributed by atoms with Crippen LogP contribution in [0.3, 0.4) is 0 Å². The Morgan fingerprint density at radius 3 is 2.17 bits per heavy atom. The molecule has 0 atom stereocenters. The van der Waals surface area contributed by atoms with Crippen LogP contribution in [0.2, 0.25) is 0 Å². The molecule has 0 N–H and O–H groups in total. The summed E-state index contributed by atoms with van der Waals surface area (Å²) in [6, 6.07) is 0. The van der Waals surface area contributed by atoms with Gasteiger partial charge in [0, 0.05) is 12.8 Å². The van der Waals surface area contributed by atoms with Crippen molar-refractivity contribution in [3.63, 3.8) is 0 Å². The van der Waals surface area contributed by atoms with Crippen molar-refractivity contribution >= 4 is 5.78 Å². The van der Waals surface area contributed by atoms with E-state index in [1.165, 1.54) is 50.5 Å².